The van der Waals surface area contributed by atoms with Crippen LogP contribution in [-0.2, 0) is 6.54 Å². The maximum atomic E-state index is 14.2. The van der Waals surface area contributed by atoms with E-state index in [4.69, 9.17) is 16.3 Å². The van der Waals surface area contributed by atoms with Crippen LogP contribution in [-0.4, -0.2) is 16.2 Å². The summed E-state index contributed by atoms with van der Waals surface area (Å²) in [6.45, 7) is 2.73. The minimum atomic E-state index is -0.447. The van der Waals surface area contributed by atoms with E-state index in [0.29, 0.717) is 16.8 Å². The summed E-state index contributed by atoms with van der Waals surface area (Å²) in [5.74, 6) is 0.345. The van der Waals surface area contributed by atoms with Crippen LogP contribution in [0, 0.1) is 5.82 Å². The van der Waals surface area contributed by atoms with Crippen LogP contribution < -0.4 is 10.3 Å². The molecule has 0 spiro atoms. The average molecular weight is 429 g/mol. The molecule has 0 fully saturated rings. The summed E-state index contributed by atoms with van der Waals surface area (Å²) in [6, 6.07) is 12.1. The standard InChI is InChI=1S/C22H18ClFN2O2S/c1-2-10-28-15-8-6-14(7-9-15)17-12-29-21-20(17)22(27)26(13-25-21)11-16-18(23)4-3-5-19(16)24/h3-9,12-13H,2,10-11H2,1H3. The smallest absolute Gasteiger partial charge is 0.263 e. The fraction of sp³-hybridized carbons (Fsp3) is 0.182. The molecule has 2 heterocycles. The van der Waals surface area contributed by atoms with E-state index in [1.54, 1.807) is 6.07 Å². The third kappa shape index (κ3) is 3.91. The molecule has 0 aliphatic rings. The molecule has 0 aliphatic carbocycles. The molecule has 4 nitrogen and oxygen atoms in total. The molecule has 0 unspecified atom stereocenters. The van der Waals surface area contributed by atoms with E-state index < -0.39 is 5.82 Å². The highest BCUT2D eigenvalue weighted by molar-refractivity contribution is 7.17. The second-order valence-corrected chi connectivity index (χ2v) is 7.85. The third-order valence-electron chi connectivity index (χ3n) is 4.59. The molecule has 7 heteroatoms. The van der Waals surface area contributed by atoms with Gasteiger partial charge in [0.2, 0.25) is 0 Å². The average Bonchev–Trinajstić information content (AvgIpc) is 3.16. The van der Waals surface area contributed by atoms with Gasteiger partial charge in [0.25, 0.3) is 5.56 Å². The fourth-order valence-electron chi connectivity index (χ4n) is 3.10. The van der Waals surface area contributed by atoms with Crippen molar-refractivity contribution in [3.05, 3.63) is 80.9 Å². The van der Waals surface area contributed by atoms with Gasteiger partial charge in [0.15, 0.2) is 0 Å². The number of thiophene rings is 1. The molecule has 2 aromatic carbocycles. The summed E-state index contributed by atoms with van der Waals surface area (Å²) in [4.78, 5) is 18.2. The second-order valence-electron chi connectivity index (χ2n) is 6.58. The zero-order chi connectivity index (χ0) is 20.4. The van der Waals surface area contributed by atoms with Crippen LogP contribution in [0.1, 0.15) is 18.9 Å². The van der Waals surface area contributed by atoms with Gasteiger partial charge in [-0.15, -0.1) is 11.3 Å². The summed E-state index contributed by atoms with van der Waals surface area (Å²) in [6.07, 6.45) is 2.38. The molecule has 0 amide bonds. The van der Waals surface area contributed by atoms with Crippen LogP contribution in [0.3, 0.4) is 0 Å². The van der Waals surface area contributed by atoms with Crippen molar-refractivity contribution in [3.8, 4) is 16.9 Å². The van der Waals surface area contributed by atoms with Crippen LogP contribution in [0.5, 0.6) is 5.75 Å². The Morgan fingerprint density at radius 3 is 2.72 bits per heavy atom. The Morgan fingerprint density at radius 1 is 1.21 bits per heavy atom. The van der Waals surface area contributed by atoms with Crippen LogP contribution in [0.25, 0.3) is 21.3 Å². The number of aromatic nitrogens is 2. The highest BCUT2D eigenvalue weighted by Crippen LogP contribution is 2.32. The largest absolute Gasteiger partial charge is 0.494 e. The molecule has 0 aliphatic heterocycles. The molecular weight excluding hydrogens is 411 g/mol. The van der Waals surface area contributed by atoms with Gasteiger partial charge in [0.1, 0.15) is 16.4 Å². The summed E-state index contributed by atoms with van der Waals surface area (Å²) in [5, 5.41) is 2.72. The summed E-state index contributed by atoms with van der Waals surface area (Å²) < 4.78 is 21.2. The van der Waals surface area contributed by atoms with E-state index >= 15 is 0 Å². The Hall–Kier alpha value is -2.70. The van der Waals surface area contributed by atoms with Crippen LogP contribution >= 0.6 is 22.9 Å². The second kappa shape index (κ2) is 8.35. The van der Waals surface area contributed by atoms with Gasteiger partial charge in [-0.05, 0) is 36.2 Å². The van der Waals surface area contributed by atoms with Gasteiger partial charge >= 0.3 is 0 Å². The normalized spacial score (nSPS) is 11.1. The molecule has 0 radical (unpaired) electrons. The highest BCUT2D eigenvalue weighted by atomic mass is 35.5. The molecule has 0 bridgehead atoms. The monoisotopic (exact) mass is 428 g/mol. The zero-order valence-electron chi connectivity index (χ0n) is 15.7. The fourth-order valence-corrected chi connectivity index (χ4v) is 4.23. The molecular formula is C22H18ClFN2O2S. The van der Waals surface area contributed by atoms with E-state index in [0.717, 1.165) is 23.3 Å². The zero-order valence-corrected chi connectivity index (χ0v) is 17.3. The summed E-state index contributed by atoms with van der Waals surface area (Å²) in [7, 11) is 0. The topological polar surface area (TPSA) is 44.1 Å². The van der Waals surface area contributed by atoms with E-state index in [-0.39, 0.29) is 22.7 Å². The van der Waals surface area contributed by atoms with Crippen molar-refractivity contribution in [1.29, 1.82) is 0 Å². The van der Waals surface area contributed by atoms with Gasteiger partial charge in [0, 0.05) is 21.5 Å². The summed E-state index contributed by atoms with van der Waals surface area (Å²) in [5.41, 5.74) is 1.75. The van der Waals surface area contributed by atoms with Gasteiger partial charge in [-0.2, -0.15) is 0 Å². The van der Waals surface area contributed by atoms with E-state index in [2.05, 4.69) is 11.9 Å². The van der Waals surface area contributed by atoms with Crippen LogP contribution in [0.15, 0.2) is 59.0 Å². The first kappa shape index (κ1) is 19.6. The first-order valence-electron chi connectivity index (χ1n) is 9.21. The van der Waals surface area contributed by atoms with E-state index in [1.165, 1.54) is 34.4 Å². The van der Waals surface area contributed by atoms with Crippen molar-refractivity contribution in [3.63, 3.8) is 0 Å². The molecule has 148 valence electrons. The Kier molecular flexibility index (Phi) is 5.65. The van der Waals surface area contributed by atoms with Gasteiger partial charge in [-0.3, -0.25) is 9.36 Å². The first-order valence-corrected chi connectivity index (χ1v) is 10.5. The third-order valence-corrected chi connectivity index (χ3v) is 5.83. The van der Waals surface area contributed by atoms with E-state index in [9.17, 15) is 9.18 Å². The number of rotatable bonds is 6. The predicted molar refractivity (Wildman–Crippen MR) is 116 cm³/mol. The number of hydrogen-bond donors (Lipinski definition) is 0. The maximum absolute atomic E-state index is 14.2. The SMILES string of the molecule is CCCOc1ccc(-c2csc3ncn(Cc4c(F)cccc4Cl)c(=O)c23)cc1. The molecule has 4 rings (SSSR count). The van der Waals surface area contributed by atoms with Crippen LogP contribution in [0.4, 0.5) is 4.39 Å². The highest BCUT2D eigenvalue weighted by Gasteiger charge is 2.15. The number of halogens is 2. The Morgan fingerprint density at radius 2 is 2.00 bits per heavy atom. The molecule has 2 aromatic heterocycles. The number of nitrogens with zero attached hydrogens (tertiary/aromatic N) is 2. The molecule has 4 aromatic rings. The van der Waals surface area contributed by atoms with Gasteiger partial charge in [-0.25, -0.2) is 9.37 Å². The number of benzene rings is 2. The molecule has 0 atom stereocenters. The Bertz CT molecular complexity index is 1200. The lowest BCUT2D eigenvalue weighted by Crippen LogP contribution is -2.21. The molecule has 0 N–H and O–H groups in total. The lowest BCUT2D eigenvalue weighted by molar-refractivity contribution is 0.317. The van der Waals surface area contributed by atoms with Gasteiger partial charge in [-0.1, -0.05) is 36.7 Å². The van der Waals surface area contributed by atoms with Crippen molar-refractivity contribution in [2.24, 2.45) is 0 Å². The Labute approximate surface area is 176 Å². The van der Waals surface area contributed by atoms with Gasteiger partial charge < -0.3 is 4.74 Å². The van der Waals surface area contributed by atoms with Crippen molar-refractivity contribution in [2.75, 3.05) is 6.61 Å². The lowest BCUT2D eigenvalue weighted by atomic mass is 10.1. The predicted octanol–water partition coefficient (Wildman–Crippen LogP) is 5.75. The minimum Gasteiger partial charge on any atom is -0.494 e. The van der Waals surface area contributed by atoms with Crippen molar-refractivity contribution in [1.82, 2.24) is 9.55 Å². The minimum absolute atomic E-state index is 0.0202. The quantitative estimate of drug-likeness (QED) is 0.392. The maximum Gasteiger partial charge on any atom is 0.263 e. The number of ether oxygens (including phenoxy) is 1. The summed E-state index contributed by atoms with van der Waals surface area (Å²) >= 11 is 7.53. The first-order chi connectivity index (χ1) is 14.1. The van der Waals surface area contributed by atoms with E-state index in [1.807, 2.05) is 29.6 Å². The lowest BCUT2D eigenvalue weighted by Gasteiger charge is -2.09. The number of fused-ring (bicyclic) bond motifs is 1. The molecule has 0 saturated heterocycles. The van der Waals surface area contributed by atoms with Gasteiger partial charge in [0.05, 0.1) is 24.9 Å². The number of hydrogen-bond acceptors (Lipinski definition) is 4. The Balaban J connectivity index is 1.74. The van der Waals surface area contributed by atoms with Crippen molar-refractivity contribution < 1.29 is 9.13 Å². The molecule has 29 heavy (non-hydrogen) atoms. The van der Waals surface area contributed by atoms with Crippen LogP contribution in [0.2, 0.25) is 5.02 Å². The van der Waals surface area contributed by atoms with Crippen molar-refractivity contribution in [2.45, 2.75) is 19.9 Å². The molecule has 0 saturated carbocycles. The van der Waals surface area contributed by atoms with Crippen molar-refractivity contribution >= 4 is 33.2 Å².